The van der Waals surface area contributed by atoms with E-state index in [0.29, 0.717) is 34.1 Å². The monoisotopic (exact) mass is 420 g/mol. The minimum Gasteiger partial charge on any atom is -0.496 e. The lowest BCUT2D eigenvalue weighted by Gasteiger charge is -2.21. The lowest BCUT2D eigenvalue weighted by molar-refractivity contribution is -0.917. The van der Waals surface area contributed by atoms with Crippen molar-refractivity contribution in [3.05, 3.63) is 56.3 Å². The first-order valence-corrected chi connectivity index (χ1v) is 9.56. The summed E-state index contributed by atoms with van der Waals surface area (Å²) in [6, 6.07) is 9.05. The maximum absolute atomic E-state index is 12.3. The zero-order chi connectivity index (χ0) is 20.8. The van der Waals surface area contributed by atoms with Gasteiger partial charge in [-0.1, -0.05) is 23.8 Å². The van der Waals surface area contributed by atoms with Crippen LogP contribution in [0.15, 0.2) is 24.3 Å². The topological polar surface area (TPSA) is 68.7 Å². The highest BCUT2D eigenvalue weighted by Crippen LogP contribution is 2.22. The van der Waals surface area contributed by atoms with Crippen LogP contribution in [0.5, 0.6) is 5.75 Å². The Labute approximate surface area is 174 Å². The highest BCUT2D eigenvalue weighted by Gasteiger charge is 2.19. The average Bonchev–Trinajstić information content (AvgIpc) is 2.65. The third kappa shape index (κ3) is 4.90. The van der Waals surface area contributed by atoms with Crippen molar-refractivity contribution in [3.8, 4) is 11.8 Å². The molecule has 2 aromatic rings. The molecule has 8 heteroatoms. The number of hydrogen-bond acceptors (Lipinski definition) is 5. The van der Waals surface area contributed by atoms with Crippen LogP contribution in [-0.2, 0) is 18.0 Å². The van der Waals surface area contributed by atoms with E-state index in [1.165, 1.54) is 6.07 Å². The predicted octanol–water partition coefficient (Wildman–Crippen LogP) is 2.91. The van der Waals surface area contributed by atoms with Crippen molar-refractivity contribution >= 4 is 29.8 Å². The molecule has 1 aromatic carbocycles. The molecule has 0 aliphatic rings. The van der Waals surface area contributed by atoms with Crippen LogP contribution in [0.4, 0.5) is 0 Å². The van der Waals surface area contributed by atoms with E-state index in [1.54, 1.807) is 31.6 Å². The number of methoxy groups -OCH3 is 1. The van der Waals surface area contributed by atoms with Gasteiger partial charge in [0, 0.05) is 16.3 Å². The van der Waals surface area contributed by atoms with E-state index < -0.39 is 5.97 Å². The Morgan fingerprint density at radius 3 is 2.71 bits per heavy atom. The number of nitriles is 1. The fraction of sp³-hybridized carbons (Fsp3) is 0.350. The van der Waals surface area contributed by atoms with Crippen molar-refractivity contribution in [2.75, 3.05) is 20.8 Å². The van der Waals surface area contributed by atoms with E-state index in [0.717, 1.165) is 16.2 Å². The SMILES string of the molecule is CCOC(=O)c1cc(C#N)c(=S)n(C[NH+](C)Cc2cc(Cl)ccc2OC)c1C. The van der Waals surface area contributed by atoms with Crippen molar-refractivity contribution in [2.45, 2.75) is 27.1 Å². The molecule has 0 spiro atoms. The Kier molecular flexibility index (Phi) is 7.58. The lowest BCUT2D eigenvalue weighted by atomic mass is 10.1. The molecule has 0 amide bonds. The highest BCUT2D eigenvalue weighted by atomic mass is 35.5. The molecular weight excluding hydrogens is 398 g/mol. The molecular formula is C20H23ClN3O3S+. The second kappa shape index (κ2) is 9.69. The molecule has 1 atom stereocenters. The van der Waals surface area contributed by atoms with Crippen LogP contribution >= 0.6 is 23.8 Å². The summed E-state index contributed by atoms with van der Waals surface area (Å²) in [5, 5.41) is 10.0. The summed E-state index contributed by atoms with van der Waals surface area (Å²) < 4.78 is 12.7. The molecule has 148 valence electrons. The molecule has 6 nitrogen and oxygen atoms in total. The van der Waals surface area contributed by atoms with Crippen molar-refractivity contribution < 1.29 is 19.2 Å². The number of carbonyl (C=O) groups is 1. The van der Waals surface area contributed by atoms with Gasteiger partial charge in [-0.05, 0) is 38.1 Å². The average molecular weight is 421 g/mol. The van der Waals surface area contributed by atoms with Crippen LogP contribution in [0.25, 0.3) is 0 Å². The van der Waals surface area contributed by atoms with Crippen LogP contribution in [-0.4, -0.2) is 31.3 Å². The number of aromatic nitrogens is 1. The predicted molar refractivity (Wildman–Crippen MR) is 109 cm³/mol. The number of benzene rings is 1. The van der Waals surface area contributed by atoms with E-state index in [-0.39, 0.29) is 12.2 Å². The second-order valence-electron chi connectivity index (χ2n) is 6.37. The Morgan fingerprint density at radius 1 is 1.39 bits per heavy atom. The summed E-state index contributed by atoms with van der Waals surface area (Å²) in [7, 11) is 3.61. The Bertz CT molecular complexity index is 982. The quantitative estimate of drug-likeness (QED) is 0.551. The number of esters is 1. The molecule has 1 aromatic heterocycles. The molecule has 1 heterocycles. The number of halogens is 1. The normalized spacial score (nSPS) is 11.6. The first-order chi connectivity index (χ1) is 13.3. The Morgan fingerprint density at radius 2 is 2.11 bits per heavy atom. The van der Waals surface area contributed by atoms with Gasteiger partial charge in [0.25, 0.3) is 0 Å². The summed E-state index contributed by atoms with van der Waals surface area (Å²) in [6.07, 6.45) is 0. The molecule has 0 aliphatic carbocycles. The fourth-order valence-electron chi connectivity index (χ4n) is 2.98. The number of pyridine rings is 1. The highest BCUT2D eigenvalue weighted by molar-refractivity contribution is 7.71. The molecule has 2 rings (SSSR count). The zero-order valence-corrected chi connectivity index (χ0v) is 17.9. The van der Waals surface area contributed by atoms with Gasteiger partial charge in [-0.15, -0.1) is 0 Å². The van der Waals surface area contributed by atoms with E-state index >= 15 is 0 Å². The van der Waals surface area contributed by atoms with E-state index in [1.807, 2.05) is 19.2 Å². The zero-order valence-electron chi connectivity index (χ0n) is 16.3. The minimum atomic E-state index is -0.464. The van der Waals surface area contributed by atoms with Crippen LogP contribution in [0.3, 0.4) is 0 Å². The smallest absolute Gasteiger partial charge is 0.339 e. The van der Waals surface area contributed by atoms with E-state index in [2.05, 4.69) is 6.07 Å². The standard InChI is InChI=1S/C20H22ClN3O3S/c1-5-27-20(25)17-9-14(10-22)19(28)24(13(17)2)12-23(3)11-15-8-16(21)6-7-18(15)26-4/h6-9H,5,11-12H2,1-4H3/p+1. The summed E-state index contributed by atoms with van der Waals surface area (Å²) in [6.45, 7) is 4.88. The fourth-order valence-corrected chi connectivity index (χ4v) is 3.48. The molecule has 0 bridgehead atoms. The molecule has 28 heavy (non-hydrogen) atoms. The molecule has 0 saturated heterocycles. The molecule has 1 N–H and O–H groups in total. The van der Waals surface area contributed by atoms with Gasteiger partial charge in [0.05, 0.1) is 31.9 Å². The van der Waals surface area contributed by atoms with Crippen molar-refractivity contribution in [2.24, 2.45) is 0 Å². The molecule has 0 saturated carbocycles. The van der Waals surface area contributed by atoms with Gasteiger partial charge >= 0.3 is 5.97 Å². The van der Waals surface area contributed by atoms with E-state index in [9.17, 15) is 10.1 Å². The number of nitrogens with one attached hydrogen (secondary N) is 1. The van der Waals surface area contributed by atoms with Gasteiger partial charge in [-0.25, -0.2) is 4.79 Å². The number of quaternary nitrogens is 1. The maximum Gasteiger partial charge on any atom is 0.339 e. The minimum absolute atomic E-state index is 0.259. The summed E-state index contributed by atoms with van der Waals surface area (Å²) in [5.74, 6) is 0.288. The molecule has 0 radical (unpaired) electrons. The second-order valence-corrected chi connectivity index (χ2v) is 7.19. The van der Waals surface area contributed by atoms with E-state index in [4.69, 9.17) is 33.3 Å². The Balaban J connectivity index is 2.39. The number of hydrogen-bond donors (Lipinski definition) is 1. The molecule has 0 fully saturated rings. The number of carbonyl (C=O) groups excluding carboxylic acids is 1. The van der Waals surface area contributed by atoms with Gasteiger partial charge < -0.3 is 14.4 Å². The number of rotatable bonds is 7. The summed E-state index contributed by atoms with van der Waals surface area (Å²) in [4.78, 5) is 13.4. The first-order valence-electron chi connectivity index (χ1n) is 8.77. The van der Waals surface area contributed by atoms with Crippen LogP contribution in [0.1, 0.15) is 34.1 Å². The van der Waals surface area contributed by atoms with Crippen LogP contribution < -0.4 is 9.64 Å². The van der Waals surface area contributed by atoms with Crippen LogP contribution in [0, 0.1) is 22.9 Å². The van der Waals surface area contributed by atoms with Gasteiger partial charge in [0.1, 0.15) is 23.0 Å². The van der Waals surface area contributed by atoms with Crippen molar-refractivity contribution in [1.82, 2.24) is 4.57 Å². The third-order valence-corrected chi connectivity index (χ3v) is 5.01. The molecule has 1 unspecified atom stereocenters. The van der Waals surface area contributed by atoms with Gasteiger partial charge in [0.15, 0.2) is 6.67 Å². The number of ether oxygens (including phenoxy) is 2. The summed E-state index contributed by atoms with van der Waals surface area (Å²) in [5.41, 5.74) is 2.25. The Hall–Kier alpha value is -2.40. The van der Waals surface area contributed by atoms with Crippen molar-refractivity contribution in [1.29, 1.82) is 5.26 Å². The van der Waals surface area contributed by atoms with Crippen molar-refractivity contribution in [3.63, 3.8) is 0 Å². The van der Waals surface area contributed by atoms with Gasteiger partial charge in [-0.3, -0.25) is 4.57 Å². The lowest BCUT2D eigenvalue weighted by Crippen LogP contribution is -3.07. The van der Waals surface area contributed by atoms with Gasteiger partial charge in [-0.2, -0.15) is 5.26 Å². The maximum atomic E-state index is 12.3. The summed E-state index contributed by atoms with van der Waals surface area (Å²) >= 11 is 11.6. The molecule has 0 aliphatic heterocycles. The van der Waals surface area contributed by atoms with Crippen LogP contribution in [0.2, 0.25) is 5.02 Å². The largest absolute Gasteiger partial charge is 0.496 e. The van der Waals surface area contributed by atoms with Gasteiger partial charge in [0.2, 0.25) is 0 Å². The first kappa shape index (κ1) is 21.9. The third-order valence-electron chi connectivity index (χ3n) is 4.34. The number of nitrogens with zero attached hydrogens (tertiary/aromatic N) is 2.